The highest BCUT2D eigenvalue weighted by Crippen LogP contribution is 2.31. The van der Waals surface area contributed by atoms with Gasteiger partial charge in [-0.1, -0.05) is 18.2 Å². The first-order chi connectivity index (χ1) is 8.92. The number of hydrogen-bond donors (Lipinski definition) is 1. The molecule has 0 spiro atoms. The minimum absolute atomic E-state index is 0.290. The highest BCUT2D eigenvalue weighted by atomic mass is 16.7. The molecule has 3 rings (SSSR count). The maximum Gasteiger partial charge on any atom is 0.231 e. The molecule has 0 atom stereocenters. The summed E-state index contributed by atoms with van der Waals surface area (Å²) in [6.07, 6.45) is 1.74. The van der Waals surface area contributed by atoms with Gasteiger partial charge in [0.2, 0.25) is 6.79 Å². The van der Waals surface area contributed by atoms with Gasteiger partial charge in [-0.2, -0.15) is 5.10 Å². The molecule has 4 heteroatoms. The largest absolute Gasteiger partial charge is 0.454 e. The van der Waals surface area contributed by atoms with Crippen LogP contribution in [0, 0.1) is 0 Å². The van der Waals surface area contributed by atoms with Crippen molar-refractivity contribution in [1.82, 2.24) is 0 Å². The highest BCUT2D eigenvalue weighted by Gasteiger charge is 2.12. The van der Waals surface area contributed by atoms with Crippen molar-refractivity contribution in [3.8, 4) is 11.5 Å². The molecule has 0 saturated heterocycles. The molecule has 90 valence electrons. The summed E-state index contributed by atoms with van der Waals surface area (Å²) < 4.78 is 10.5. The molecule has 1 aliphatic rings. The maximum atomic E-state index is 5.30. The molecular weight excluding hydrogens is 228 g/mol. The molecule has 0 aliphatic carbocycles. The predicted molar refractivity (Wildman–Crippen MR) is 70.2 cm³/mol. The van der Waals surface area contributed by atoms with Crippen LogP contribution in [0.2, 0.25) is 0 Å². The summed E-state index contributed by atoms with van der Waals surface area (Å²) in [4.78, 5) is 0. The van der Waals surface area contributed by atoms with E-state index < -0.39 is 0 Å². The van der Waals surface area contributed by atoms with Gasteiger partial charge in [0.1, 0.15) is 0 Å². The second-order valence-electron chi connectivity index (χ2n) is 3.85. The standard InChI is InChI=1S/C14H12N2O2/c1-2-4-12(5-3-1)16-15-9-11-6-7-13-14(8-11)18-10-17-13/h1-9,16H,10H2/b15-9-. The van der Waals surface area contributed by atoms with Crippen molar-refractivity contribution in [1.29, 1.82) is 0 Å². The number of nitrogens with one attached hydrogen (secondary N) is 1. The van der Waals surface area contributed by atoms with Crippen molar-refractivity contribution < 1.29 is 9.47 Å². The quantitative estimate of drug-likeness (QED) is 0.662. The van der Waals surface area contributed by atoms with Crippen LogP contribution in [0.1, 0.15) is 5.56 Å². The smallest absolute Gasteiger partial charge is 0.231 e. The van der Waals surface area contributed by atoms with Crippen LogP contribution in [0.3, 0.4) is 0 Å². The summed E-state index contributed by atoms with van der Waals surface area (Å²) in [5.41, 5.74) is 4.87. The van der Waals surface area contributed by atoms with E-state index in [1.807, 2.05) is 48.5 Å². The zero-order chi connectivity index (χ0) is 12.2. The number of ether oxygens (including phenoxy) is 2. The van der Waals surface area contributed by atoms with Crippen LogP contribution in [0.15, 0.2) is 53.6 Å². The number of fused-ring (bicyclic) bond motifs is 1. The Morgan fingerprint density at radius 2 is 1.83 bits per heavy atom. The Balaban J connectivity index is 1.69. The van der Waals surface area contributed by atoms with Crippen molar-refractivity contribution in [3.05, 3.63) is 54.1 Å². The molecule has 0 bridgehead atoms. The summed E-state index contributed by atoms with van der Waals surface area (Å²) in [5.74, 6) is 1.54. The van der Waals surface area contributed by atoms with E-state index in [0.29, 0.717) is 0 Å². The van der Waals surface area contributed by atoms with Gasteiger partial charge in [-0.15, -0.1) is 0 Å². The second-order valence-corrected chi connectivity index (χ2v) is 3.85. The van der Waals surface area contributed by atoms with Crippen molar-refractivity contribution in [2.24, 2.45) is 5.10 Å². The third-order valence-electron chi connectivity index (χ3n) is 2.58. The van der Waals surface area contributed by atoms with Gasteiger partial charge in [-0.05, 0) is 35.9 Å². The fourth-order valence-corrected chi connectivity index (χ4v) is 1.69. The van der Waals surface area contributed by atoms with E-state index in [1.165, 1.54) is 0 Å². The number of nitrogens with zero attached hydrogens (tertiary/aromatic N) is 1. The lowest BCUT2D eigenvalue weighted by atomic mass is 10.2. The average Bonchev–Trinajstić information content (AvgIpc) is 2.87. The second kappa shape index (κ2) is 4.79. The molecule has 4 nitrogen and oxygen atoms in total. The zero-order valence-electron chi connectivity index (χ0n) is 9.67. The molecule has 0 fully saturated rings. The van der Waals surface area contributed by atoms with Crippen LogP contribution in [0.4, 0.5) is 5.69 Å². The van der Waals surface area contributed by atoms with E-state index in [-0.39, 0.29) is 6.79 Å². The van der Waals surface area contributed by atoms with E-state index in [4.69, 9.17) is 9.47 Å². The van der Waals surface area contributed by atoms with Crippen molar-refractivity contribution in [3.63, 3.8) is 0 Å². The summed E-state index contributed by atoms with van der Waals surface area (Å²) in [6.45, 7) is 0.290. The first kappa shape index (κ1) is 10.7. The average molecular weight is 240 g/mol. The minimum Gasteiger partial charge on any atom is -0.454 e. The number of benzene rings is 2. The number of hydrogen-bond acceptors (Lipinski definition) is 4. The third kappa shape index (κ3) is 2.27. The van der Waals surface area contributed by atoms with E-state index in [9.17, 15) is 0 Å². The van der Waals surface area contributed by atoms with Gasteiger partial charge in [0, 0.05) is 0 Å². The Morgan fingerprint density at radius 1 is 1.00 bits per heavy atom. The number of anilines is 1. The summed E-state index contributed by atoms with van der Waals surface area (Å²) >= 11 is 0. The highest BCUT2D eigenvalue weighted by molar-refractivity contribution is 5.81. The number of rotatable bonds is 3. The third-order valence-corrected chi connectivity index (χ3v) is 2.58. The van der Waals surface area contributed by atoms with Gasteiger partial charge in [0.05, 0.1) is 11.9 Å². The first-order valence-corrected chi connectivity index (χ1v) is 5.65. The zero-order valence-corrected chi connectivity index (χ0v) is 9.67. The lowest BCUT2D eigenvalue weighted by molar-refractivity contribution is 0.174. The molecule has 0 unspecified atom stereocenters. The summed E-state index contributed by atoms with van der Waals surface area (Å²) in [5, 5.41) is 4.17. The lowest BCUT2D eigenvalue weighted by Gasteiger charge is -1.99. The molecular formula is C14H12N2O2. The van der Waals surface area contributed by atoms with Gasteiger partial charge < -0.3 is 9.47 Å². The van der Waals surface area contributed by atoms with Gasteiger partial charge in [0.15, 0.2) is 11.5 Å². The van der Waals surface area contributed by atoms with Gasteiger partial charge in [0.25, 0.3) is 0 Å². The maximum absolute atomic E-state index is 5.30. The SMILES string of the molecule is C(=N/Nc1ccccc1)/c1ccc2c(c1)OCO2. The van der Waals surface area contributed by atoms with Crippen LogP contribution in [0.5, 0.6) is 11.5 Å². The van der Waals surface area contributed by atoms with E-state index in [1.54, 1.807) is 6.21 Å². The van der Waals surface area contributed by atoms with Gasteiger partial charge in [-0.3, -0.25) is 5.43 Å². The van der Waals surface area contributed by atoms with Crippen LogP contribution < -0.4 is 14.9 Å². The van der Waals surface area contributed by atoms with E-state index >= 15 is 0 Å². The summed E-state index contributed by atoms with van der Waals surface area (Å²) in [7, 11) is 0. The van der Waals surface area contributed by atoms with Gasteiger partial charge >= 0.3 is 0 Å². The molecule has 2 aromatic carbocycles. The van der Waals surface area contributed by atoms with Gasteiger partial charge in [-0.25, -0.2) is 0 Å². The van der Waals surface area contributed by atoms with Crippen LogP contribution in [0.25, 0.3) is 0 Å². The van der Waals surface area contributed by atoms with E-state index in [0.717, 1.165) is 22.7 Å². The predicted octanol–water partition coefficient (Wildman–Crippen LogP) is 2.86. The molecule has 1 aliphatic heterocycles. The van der Waals surface area contributed by atoms with E-state index in [2.05, 4.69) is 10.5 Å². The fraction of sp³-hybridized carbons (Fsp3) is 0.0714. The molecule has 0 amide bonds. The lowest BCUT2D eigenvalue weighted by Crippen LogP contribution is -1.93. The van der Waals surface area contributed by atoms with Crippen LogP contribution >= 0.6 is 0 Å². The Morgan fingerprint density at radius 3 is 2.72 bits per heavy atom. The molecule has 0 aromatic heterocycles. The normalized spacial score (nSPS) is 12.9. The van der Waals surface area contributed by atoms with Crippen molar-refractivity contribution in [2.75, 3.05) is 12.2 Å². The van der Waals surface area contributed by atoms with Crippen molar-refractivity contribution >= 4 is 11.9 Å². The first-order valence-electron chi connectivity index (χ1n) is 5.65. The Labute approximate surface area is 105 Å². The van der Waals surface area contributed by atoms with Crippen molar-refractivity contribution in [2.45, 2.75) is 0 Å². The van der Waals surface area contributed by atoms with Crippen LogP contribution in [-0.2, 0) is 0 Å². The molecule has 18 heavy (non-hydrogen) atoms. The monoisotopic (exact) mass is 240 g/mol. The fourth-order valence-electron chi connectivity index (χ4n) is 1.69. The molecule has 0 radical (unpaired) electrons. The Bertz CT molecular complexity index is 567. The number of hydrazone groups is 1. The Kier molecular flexibility index (Phi) is 2.84. The number of para-hydroxylation sites is 1. The molecule has 0 saturated carbocycles. The van der Waals surface area contributed by atoms with Crippen LogP contribution in [-0.4, -0.2) is 13.0 Å². The molecule has 1 heterocycles. The molecule has 2 aromatic rings. The topological polar surface area (TPSA) is 42.9 Å². The Hall–Kier alpha value is -2.49. The molecule has 1 N–H and O–H groups in total. The summed E-state index contributed by atoms with van der Waals surface area (Å²) in [6, 6.07) is 15.5. The minimum atomic E-state index is 0.290.